The second-order valence-electron chi connectivity index (χ2n) is 6.44. The number of ether oxygens (including phenoxy) is 3. The summed E-state index contributed by atoms with van der Waals surface area (Å²) >= 11 is 1.36. The standard InChI is InChI=1S/C19H24N2O5S/c1-4-6-12(7-5-2)18(23)20-19-21(10-17(22)24-3)13-8-14-15(26-11-25-14)9-16(13)27-19/h8-9,12H,4-7,10-11H2,1-3H3. The lowest BCUT2D eigenvalue weighted by molar-refractivity contribution is -0.141. The molecule has 1 aromatic carbocycles. The zero-order valence-electron chi connectivity index (χ0n) is 15.8. The second-order valence-corrected chi connectivity index (χ2v) is 7.45. The molecule has 1 amide bonds. The van der Waals surface area contributed by atoms with Crippen molar-refractivity contribution in [3.05, 3.63) is 16.9 Å². The normalized spacial score (nSPS) is 13.6. The number of hydrogen-bond donors (Lipinski definition) is 0. The molecule has 0 fully saturated rings. The summed E-state index contributed by atoms with van der Waals surface area (Å²) in [6.45, 7) is 4.28. The number of esters is 1. The highest BCUT2D eigenvalue weighted by molar-refractivity contribution is 7.16. The van der Waals surface area contributed by atoms with Gasteiger partial charge in [0.05, 0.1) is 17.3 Å². The highest BCUT2D eigenvalue weighted by Crippen LogP contribution is 2.37. The fourth-order valence-corrected chi connectivity index (χ4v) is 4.21. The summed E-state index contributed by atoms with van der Waals surface area (Å²) in [6.07, 6.45) is 3.49. The van der Waals surface area contributed by atoms with Crippen LogP contribution in [0.1, 0.15) is 39.5 Å². The van der Waals surface area contributed by atoms with Crippen LogP contribution in [0.5, 0.6) is 11.5 Å². The third-order valence-electron chi connectivity index (χ3n) is 4.52. The third-order valence-corrected chi connectivity index (χ3v) is 5.56. The minimum Gasteiger partial charge on any atom is -0.468 e. The van der Waals surface area contributed by atoms with Gasteiger partial charge < -0.3 is 18.8 Å². The van der Waals surface area contributed by atoms with Gasteiger partial charge in [-0.25, -0.2) is 0 Å². The van der Waals surface area contributed by atoms with Crippen LogP contribution in [0.4, 0.5) is 0 Å². The Hall–Kier alpha value is -2.35. The van der Waals surface area contributed by atoms with E-state index in [0.717, 1.165) is 35.9 Å². The van der Waals surface area contributed by atoms with Gasteiger partial charge in [-0.2, -0.15) is 4.99 Å². The number of rotatable bonds is 7. The maximum Gasteiger partial charge on any atom is 0.325 e. The monoisotopic (exact) mass is 392 g/mol. The van der Waals surface area contributed by atoms with E-state index in [1.165, 1.54) is 18.4 Å². The van der Waals surface area contributed by atoms with Gasteiger partial charge in [0, 0.05) is 18.1 Å². The lowest BCUT2D eigenvalue weighted by atomic mass is 9.98. The first-order chi connectivity index (χ1) is 13.1. The van der Waals surface area contributed by atoms with E-state index in [1.807, 2.05) is 12.1 Å². The summed E-state index contributed by atoms with van der Waals surface area (Å²) in [6, 6.07) is 3.67. The highest BCUT2D eigenvalue weighted by Gasteiger charge is 2.21. The Morgan fingerprint density at radius 2 is 1.89 bits per heavy atom. The van der Waals surface area contributed by atoms with Crippen LogP contribution < -0.4 is 14.3 Å². The first-order valence-corrected chi connectivity index (χ1v) is 9.97. The number of hydrogen-bond acceptors (Lipinski definition) is 6. The van der Waals surface area contributed by atoms with Crippen LogP contribution >= 0.6 is 11.3 Å². The van der Waals surface area contributed by atoms with E-state index in [0.29, 0.717) is 16.3 Å². The van der Waals surface area contributed by atoms with Crippen molar-refractivity contribution in [1.82, 2.24) is 4.57 Å². The number of thiazole rings is 1. The molecule has 27 heavy (non-hydrogen) atoms. The molecule has 146 valence electrons. The summed E-state index contributed by atoms with van der Waals surface area (Å²) in [7, 11) is 1.34. The van der Waals surface area contributed by atoms with E-state index in [-0.39, 0.29) is 25.2 Å². The fourth-order valence-electron chi connectivity index (χ4n) is 3.17. The summed E-state index contributed by atoms with van der Waals surface area (Å²) in [5.41, 5.74) is 0.767. The zero-order valence-corrected chi connectivity index (χ0v) is 16.6. The maximum absolute atomic E-state index is 12.7. The van der Waals surface area contributed by atoms with Gasteiger partial charge in [0.15, 0.2) is 16.3 Å². The largest absolute Gasteiger partial charge is 0.468 e. The number of methoxy groups -OCH3 is 1. The van der Waals surface area contributed by atoms with Crippen molar-refractivity contribution in [2.24, 2.45) is 10.9 Å². The molecule has 1 aromatic heterocycles. The van der Waals surface area contributed by atoms with E-state index in [2.05, 4.69) is 18.8 Å². The van der Waals surface area contributed by atoms with E-state index in [1.54, 1.807) is 4.57 Å². The molecule has 0 aliphatic carbocycles. The van der Waals surface area contributed by atoms with Crippen LogP contribution in [0.25, 0.3) is 10.2 Å². The predicted octanol–water partition coefficient (Wildman–Crippen LogP) is 3.25. The van der Waals surface area contributed by atoms with Crippen molar-refractivity contribution in [2.75, 3.05) is 13.9 Å². The first-order valence-electron chi connectivity index (χ1n) is 9.15. The quantitative estimate of drug-likeness (QED) is 0.676. The molecule has 0 radical (unpaired) electrons. The Kier molecular flexibility index (Phi) is 6.15. The molecule has 0 N–H and O–H groups in total. The molecule has 1 aliphatic rings. The Balaban J connectivity index is 2.08. The lowest BCUT2D eigenvalue weighted by Crippen LogP contribution is -2.24. The van der Waals surface area contributed by atoms with Crippen molar-refractivity contribution in [3.63, 3.8) is 0 Å². The van der Waals surface area contributed by atoms with Gasteiger partial charge in [0.25, 0.3) is 5.91 Å². The Labute approximate surface area is 161 Å². The summed E-state index contributed by atoms with van der Waals surface area (Å²) in [5, 5.41) is 0. The summed E-state index contributed by atoms with van der Waals surface area (Å²) < 4.78 is 18.3. The number of aromatic nitrogens is 1. The Morgan fingerprint density at radius 3 is 2.52 bits per heavy atom. The molecule has 0 saturated heterocycles. The summed E-state index contributed by atoms with van der Waals surface area (Å²) in [5.74, 6) is 0.644. The lowest BCUT2D eigenvalue weighted by Gasteiger charge is -2.10. The molecule has 0 bridgehead atoms. The van der Waals surface area contributed by atoms with E-state index in [9.17, 15) is 9.59 Å². The molecule has 1 aliphatic heterocycles. The van der Waals surface area contributed by atoms with Crippen molar-refractivity contribution in [2.45, 2.75) is 46.1 Å². The molecule has 2 heterocycles. The number of amides is 1. The number of carbonyl (C=O) groups is 2. The predicted molar refractivity (Wildman–Crippen MR) is 102 cm³/mol. The summed E-state index contributed by atoms with van der Waals surface area (Å²) in [4.78, 5) is 29.5. The Bertz CT molecular complexity index is 909. The molecule has 0 saturated carbocycles. The van der Waals surface area contributed by atoms with Crippen LogP contribution in [-0.4, -0.2) is 30.3 Å². The molecule has 0 spiro atoms. The topological polar surface area (TPSA) is 79.1 Å². The van der Waals surface area contributed by atoms with Crippen LogP contribution in [0, 0.1) is 5.92 Å². The van der Waals surface area contributed by atoms with Gasteiger partial charge in [-0.05, 0) is 12.8 Å². The van der Waals surface area contributed by atoms with E-state index >= 15 is 0 Å². The SMILES string of the molecule is CCCC(CCC)C(=O)N=c1sc2cc3c(cc2n1CC(=O)OC)OCO3. The van der Waals surface area contributed by atoms with Crippen molar-refractivity contribution < 1.29 is 23.8 Å². The molecular formula is C19H24N2O5S. The number of nitrogens with zero attached hydrogens (tertiary/aromatic N) is 2. The van der Waals surface area contributed by atoms with Crippen LogP contribution in [0.3, 0.4) is 0 Å². The fraction of sp³-hybridized carbons (Fsp3) is 0.526. The Morgan fingerprint density at radius 1 is 1.22 bits per heavy atom. The molecule has 8 heteroatoms. The molecule has 0 atom stereocenters. The highest BCUT2D eigenvalue weighted by atomic mass is 32.1. The maximum atomic E-state index is 12.7. The van der Waals surface area contributed by atoms with Gasteiger partial charge in [-0.1, -0.05) is 38.0 Å². The number of carbonyl (C=O) groups excluding carboxylic acids is 2. The average molecular weight is 392 g/mol. The number of benzene rings is 1. The van der Waals surface area contributed by atoms with Crippen LogP contribution in [-0.2, 0) is 20.9 Å². The van der Waals surface area contributed by atoms with Crippen molar-refractivity contribution >= 4 is 33.4 Å². The molecule has 2 aromatic rings. The molecule has 3 rings (SSSR count). The van der Waals surface area contributed by atoms with Gasteiger partial charge in [-0.15, -0.1) is 0 Å². The first kappa shape index (κ1) is 19.4. The van der Waals surface area contributed by atoms with Crippen molar-refractivity contribution in [1.29, 1.82) is 0 Å². The molecule has 0 unspecified atom stereocenters. The number of fused-ring (bicyclic) bond motifs is 2. The zero-order chi connectivity index (χ0) is 19.4. The molecular weight excluding hydrogens is 368 g/mol. The minimum absolute atomic E-state index is 0.0194. The van der Waals surface area contributed by atoms with Crippen LogP contribution in [0.2, 0.25) is 0 Å². The third kappa shape index (κ3) is 4.16. The van der Waals surface area contributed by atoms with E-state index in [4.69, 9.17) is 14.2 Å². The van der Waals surface area contributed by atoms with Gasteiger partial charge in [0.2, 0.25) is 6.79 Å². The van der Waals surface area contributed by atoms with Crippen LogP contribution in [0.15, 0.2) is 17.1 Å². The van der Waals surface area contributed by atoms with Gasteiger partial charge >= 0.3 is 5.97 Å². The van der Waals surface area contributed by atoms with Gasteiger partial charge in [0.1, 0.15) is 6.54 Å². The average Bonchev–Trinajstić information content (AvgIpc) is 3.23. The van der Waals surface area contributed by atoms with E-state index < -0.39 is 5.97 Å². The smallest absolute Gasteiger partial charge is 0.325 e. The second kappa shape index (κ2) is 8.56. The minimum atomic E-state index is -0.403. The van der Waals surface area contributed by atoms with Crippen molar-refractivity contribution in [3.8, 4) is 11.5 Å². The molecule has 7 nitrogen and oxygen atoms in total. The van der Waals surface area contributed by atoms with Gasteiger partial charge in [-0.3, -0.25) is 9.59 Å².